The van der Waals surface area contributed by atoms with E-state index in [-0.39, 0.29) is 23.9 Å². The number of amides is 1. The van der Waals surface area contributed by atoms with Gasteiger partial charge in [0.2, 0.25) is 5.91 Å². The van der Waals surface area contributed by atoms with E-state index in [2.05, 4.69) is 15.4 Å². The summed E-state index contributed by atoms with van der Waals surface area (Å²) in [5, 5.41) is 6.95. The number of nitrogens with one attached hydrogen (secondary N) is 1. The second kappa shape index (κ2) is 8.33. The highest BCUT2D eigenvalue weighted by Crippen LogP contribution is 2.18. The molecule has 5 nitrogen and oxygen atoms in total. The molecule has 0 saturated heterocycles. The van der Waals surface area contributed by atoms with Crippen molar-refractivity contribution in [2.75, 3.05) is 0 Å². The molecule has 1 heterocycles. The first-order chi connectivity index (χ1) is 12.6. The molecule has 1 N–H and O–H groups in total. The number of nitrogens with zero attached hydrogens (tertiary/aromatic N) is 3. The Kier molecular flexibility index (Phi) is 5.68. The molecule has 1 aromatic heterocycles. The van der Waals surface area contributed by atoms with Crippen LogP contribution in [0.2, 0.25) is 0 Å². The van der Waals surface area contributed by atoms with E-state index in [0.717, 1.165) is 11.6 Å². The smallest absolute Gasteiger partial charge is 0.225 e. The Balaban J connectivity index is 1.70. The minimum Gasteiger partial charge on any atom is -0.349 e. The van der Waals surface area contributed by atoms with Gasteiger partial charge in [0.05, 0.1) is 12.5 Å². The SMILES string of the molecule is O=C(Cc1cccc(F)c1F)NC(CCn1cncn1)c1ccccc1. The van der Waals surface area contributed by atoms with Crippen molar-refractivity contribution in [1.29, 1.82) is 0 Å². The molecule has 1 atom stereocenters. The molecular weight excluding hydrogens is 338 g/mol. The molecule has 0 aliphatic carbocycles. The van der Waals surface area contributed by atoms with E-state index < -0.39 is 11.6 Å². The zero-order valence-corrected chi connectivity index (χ0v) is 14.0. The van der Waals surface area contributed by atoms with E-state index in [9.17, 15) is 13.6 Å². The monoisotopic (exact) mass is 356 g/mol. The fourth-order valence-electron chi connectivity index (χ4n) is 2.72. The Hall–Kier alpha value is -3.09. The summed E-state index contributed by atoms with van der Waals surface area (Å²) in [7, 11) is 0. The highest BCUT2D eigenvalue weighted by molar-refractivity contribution is 5.79. The molecule has 0 bridgehead atoms. The standard InChI is InChI=1S/C19H18F2N4O/c20-16-8-4-7-15(19(16)21)11-18(26)24-17(14-5-2-1-3-6-14)9-10-25-13-22-12-23-25/h1-8,12-13,17H,9-11H2,(H,24,26). The number of aromatic nitrogens is 3. The second-order valence-electron chi connectivity index (χ2n) is 5.87. The van der Waals surface area contributed by atoms with Crippen LogP contribution < -0.4 is 5.32 Å². The van der Waals surface area contributed by atoms with Crippen molar-refractivity contribution in [1.82, 2.24) is 20.1 Å². The highest BCUT2D eigenvalue weighted by atomic mass is 19.2. The third-order valence-electron chi connectivity index (χ3n) is 4.03. The van der Waals surface area contributed by atoms with Crippen molar-refractivity contribution in [2.24, 2.45) is 0 Å². The van der Waals surface area contributed by atoms with Gasteiger partial charge in [-0.25, -0.2) is 13.8 Å². The number of halogens is 2. The molecule has 0 aliphatic rings. The fraction of sp³-hybridized carbons (Fsp3) is 0.211. The van der Waals surface area contributed by atoms with Crippen LogP contribution in [0.4, 0.5) is 8.78 Å². The Labute approximate surface area is 149 Å². The quantitative estimate of drug-likeness (QED) is 0.708. The zero-order chi connectivity index (χ0) is 18.4. The maximum atomic E-state index is 13.8. The van der Waals surface area contributed by atoms with Gasteiger partial charge in [-0.1, -0.05) is 42.5 Å². The van der Waals surface area contributed by atoms with E-state index in [4.69, 9.17) is 0 Å². The van der Waals surface area contributed by atoms with Crippen LogP contribution >= 0.6 is 0 Å². The van der Waals surface area contributed by atoms with Gasteiger partial charge < -0.3 is 5.32 Å². The predicted octanol–water partition coefficient (Wildman–Crippen LogP) is 3.05. The maximum absolute atomic E-state index is 13.8. The first-order valence-electron chi connectivity index (χ1n) is 8.23. The molecule has 1 amide bonds. The summed E-state index contributed by atoms with van der Waals surface area (Å²) in [4.78, 5) is 16.3. The van der Waals surface area contributed by atoms with Crippen molar-refractivity contribution in [3.8, 4) is 0 Å². The topological polar surface area (TPSA) is 59.8 Å². The molecule has 3 rings (SSSR count). The molecule has 0 radical (unpaired) electrons. The van der Waals surface area contributed by atoms with Gasteiger partial charge in [0.15, 0.2) is 11.6 Å². The van der Waals surface area contributed by atoms with Crippen LogP contribution in [0.25, 0.3) is 0 Å². The predicted molar refractivity (Wildman–Crippen MR) is 92.0 cm³/mol. The maximum Gasteiger partial charge on any atom is 0.225 e. The molecule has 7 heteroatoms. The number of benzene rings is 2. The summed E-state index contributed by atoms with van der Waals surface area (Å²) >= 11 is 0. The number of aryl methyl sites for hydroxylation is 1. The first kappa shape index (κ1) is 17.7. The fourth-order valence-corrected chi connectivity index (χ4v) is 2.72. The van der Waals surface area contributed by atoms with E-state index in [1.54, 1.807) is 11.0 Å². The van der Waals surface area contributed by atoms with E-state index in [1.807, 2.05) is 30.3 Å². The van der Waals surface area contributed by atoms with Crippen LogP contribution in [0.3, 0.4) is 0 Å². The lowest BCUT2D eigenvalue weighted by atomic mass is 10.0. The van der Waals surface area contributed by atoms with Gasteiger partial charge in [-0.3, -0.25) is 9.48 Å². The van der Waals surface area contributed by atoms with Crippen LogP contribution in [0.1, 0.15) is 23.6 Å². The average Bonchev–Trinajstić information content (AvgIpc) is 3.17. The lowest BCUT2D eigenvalue weighted by Crippen LogP contribution is -2.31. The normalized spacial score (nSPS) is 11.9. The van der Waals surface area contributed by atoms with Gasteiger partial charge in [-0.15, -0.1) is 0 Å². The summed E-state index contributed by atoms with van der Waals surface area (Å²) in [6.45, 7) is 0.564. The number of hydrogen-bond acceptors (Lipinski definition) is 3. The van der Waals surface area contributed by atoms with Crippen LogP contribution in [-0.2, 0) is 17.8 Å². The van der Waals surface area contributed by atoms with Crippen LogP contribution in [0, 0.1) is 11.6 Å². The Bertz CT molecular complexity index is 853. The minimum absolute atomic E-state index is 0.0330. The second-order valence-corrected chi connectivity index (χ2v) is 5.87. The third-order valence-corrected chi connectivity index (χ3v) is 4.03. The first-order valence-corrected chi connectivity index (χ1v) is 8.23. The molecule has 1 unspecified atom stereocenters. The van der Waals surface area contributed by atoms with Crippen molar-refractivity contribution in [3.63, 3.8) is 0 Å². The lowest BCUT2D eigenvalue weighted by molar-refractivity contribution is -0.121. The summed E-state index contributed by atoms with van der Waals surface area (Å²) in [6, 6.07) is 13.0. The molecule has 0 saturated carbocycles. The highest BCUT2D eigenvalue weighted by Gasteiger charge is 2.17. The molecular formula is C19H18F2N4O. The van der Waals surface area contributed by atoms with Gasteiger partial charge >= 0.3 is 0 Å². The molecule has 3 aromatic rings. The van der Waals surface area contributed by atoms with Crippen LogP contribution in [0.15, 0.2) is 61.2 Å². The summed E-state index contributed by atoms with van der Waals surface area (Å²) in [6.07, 6.45) is 3.41. The van der Waals surface area contributed by atoms with Gasteiger partial charge in [0.1, 0.15) is 12.7 Å². The van der Waals surface area contributed by atoms with Gasteiger partial charge in [-0.2, -0.15) is 5.10 Å². The van der Waals surface area contributed by atoms with Gasteiger partial charge in [-0.05, 0) is 18.1 Å². The van der Waals surface area contributed by atoms with E-state index in [1.165, 1.54) is 18.5 Å². The van der Waals surface area contributed by atoms with Crippen molar-refractivity contribution >= 4 is 5.91 Å². The van der Waals surface area contributed by atoms with Gasteiger partial charge in [0, 0.05) is 12.1 Å². The molecule has 134 valence electrons. The Morgan fingerprint density at radius 3 is 2.65 bits per heavy atom. The Morgan fingerprint density at radius 1 is 1.12 bits per heavy atom. The minimum atomic E-state index is -0.985. The van der Waals surface area contributed by atoms with Crippen molar-refractivity contribution < 1.29 is 13.6 Å². The summed E-state index contributed by atoms with van der Waals surface area (Å²) < 4.78 is 28.8. The summed E-state index contributed by atoms with van der Waals surface area (Å²) in [5.41, 5.74) is 0.964. The number of carbonyl (C=O) groups excluding carboxylic acids is 1. The molecule has 2 aromatic carbocycles. The molecule has 0 fully saturated rings. The largest absolute Gasteiger partial charge is 0.349 e. The number of rotatable bonds is 7. The number of hydrogen-bond donors (Lipinski definition) is 1. The Morgan fingerprint density at radius 2 is 1.92 bits per heavy atom. The molecule has 0 aliphatic heterocycles. The lowest BCUT2D eigenvalue weighted by Gasteiger charge is -2.19. The van der Waals surface area contributed by atoms with Gasteiger partial charge in [0.25, 0.3) is 0 Å². The van der Waals surface area contributed by atoms with Crippen molar-refractivity contribution in [3.05, 3.63) is 83.9 Å². The third kappa shape index (κ3) is 4.50. The van der Waals surface area contributed by atoms with Crippen molar-refractivity contribution in [2.45, 2.75) is 25.4 Å². The van der Waals surface area contributed by atoms with E-state index in [0.29, 0.717) is 13.0 Å². The molecule has 26 heavy (non-hydrogen) atoms. The van der Waals surface area contributed by atoms with E-state index >= 15 is 0 Å². The molecule has 0 spiro atoms. The zero-order valence-electron chi connectivity index (χ0n) is 14.0. The summed E-state index contributed by atoms with van der Waals surface area (Å²) in [5.74, 6) is -2.32. The average molecular weight is 356 g/mol. The van der Waals surface area contributed by atoms with Crippen LogP contribution in [-0.4, -0.2) is 20.7 Å². The van der Waals surface area contributed by atoms with Crippen LogP contribution in [0.5, 0.6) is 0 Å². The number of carbonyl (C=O) groups is 1.